The Balaban J connectivity index is 3.50. The van der Waals surface area contributed by atoms with Gasteiger partial charge in [-0.3, -0.25) is 18.7 Å². The van der Waals surface area contributed by atoms with Crippen LogP contribution in [0.3, 0.4) is 0 Å². The fourth-order valence-corrected chi connectivity index (χ4v) is 1.55. The van der Waals surface area contributed by atoms with Crippen LogP contribution in [0.15, 0.2) is 9.59 Å². The fourth-order valence-electron chi connectivity index (χ4n) is 1.55. The molecule has 1 unspecified atom stereocenters. The molecule has 0 saturated carbocycles. The highest BCUT2D eigenvalue weighted by molar-refractivity contribution is 5.74. The molecule has 1 aromatic heterocycles. The number of carbonyl (C=O) groups is 1. The fraction of sp³-hybridized carbons (Fsp3) is 0.444. The van der Waals surface area contributed by atoms with Gasteiger partial charge >= 0.3 is 5.69 Å². The molecule has 0 aliphatic heterocycles. The molecule has 8 heteroatoms. The highest BCUT2D eigenvalue weighted by atomic mass is 16.2. The maximum atomic E-state index is 11.8. The number of nitrogens with two attached hydrogens (primary N) is 3. The third-order valence-corrected chi connectivity index (χ3v) is 2.54. The predicted molar refractivity (Wildman–Crippen MR) is 62.1 cm³/mol. The minimum Gasteiger partial charge on any atom is -0.385 e. The number of aromatic nitrogens is 2. The van der Waals surface area contributed by atoms with E-state index in [1.54, 1.807) is 0 Å². The Morgan fingerprint density at radius 1 is 1.29 bits per heavy atom. The van der Waals surface area contributed by atoms with E-state index >= 15 is 0 Å². The van der Waals surface area contributed by atoms with Crippen molar-refractivity contribution < 1.29 is 4.79 Å². The van der Waals surface area contributed by atoms with Crippen LogP contribution < -0.4 is 28.5 Å². The Morgan fingerprint density at radius 2 is 1.82 bits per heavy atom. The van der Waals surface area contributed by atoms with Crippen LogP contribution in [-0.2, 0) is 18.9 Å². The monoisotopic (exact) mass is 241 g/mol. The van der Waals surface area contributed by atoms with E-state index in [1.807, 2.05) is 0 Å². The van der Waals surface area contributed by atoms with Gasteiger partial charge in [0.2, 0.25) is 5.91 Å². The number of amides is 1. The van der Waals surface area contributed by atoms with Gasteiger partial charge in [0.25, 0.3) is 5.56 Å². The zero-order valence-electron chi connectivity index (χ0n) is 9.64. The maximum absolute atomic E-state index is 11.8. The summed E-state index contributed by atoms with van der Waals surface area (Å²) in [7, 11) is 2.72. The van der Waals surface area contributed by atoms with Crippen LogP contribution in [0.25, 0.3) is 0 Å². The molecule has 1 amide bonds. The molecular formula is C9H15N5O3. The van der Waals surface area contributed by atoms with Gasteiger partial charge in [-0.2, -0.15) is 0 Å². The predicted octanol–water partition coefficient (Wildman–Crippen LogP) is -2.46. The molecule has 0 aliphatic rings. The molecule has 8 nitrogen and oxygen atoms in total. The highest BCUT2D eigenvalue weighted by Crippen LogP contribution is 2.14. The zero-order valence-corrected chi connectivity index (χ0v) is 9.64. The molecule has 1 aromatic rings. The minimum atomic E-state index is -0.919. The summed E-state index contributed by atoms with van der Waals surface area (Å²) in [4.78, 5) is 34.1. The molecule has 0 aromatic carbocycles. The maximum Gasteiger partial charge on any atom is 0.332 e. The summed E-state index contributed by atoms with van der Waals surface area (Å²) < 4.78 is 1.98. The summed E-state index contributed by atoms with van der Waals surface area (Å²) in [6.07, 6.45) is -0.211. The summed E-state index contributed by atoms with van der Waals surface area (Å²) in [6, 6.07) is -0.919. The standard InChI is InChI=1S/C9H15N5O3/c1-13-7(12)6(4(10)3-5(11)15)8(16)14(2)9(13)17/h4H,3,10,12H2,1-2H3,(H2,11,15). The van der Waals surface area contributed by atoms with Crippen molar-refractivity contribution in [3.05, 3.63) is 26.4 Å². The van der Waals surface area contributed by atoms with Gasteiger partial charge in [0.1, 0.15) is 5.82 Å². The molecule has 94 valence electrons. The number of nitrogens with zero attached hydrogens (tertiary/aromatic N) is 2. The second kappa shape index (κ2) is 4.42. The number of hydrogen-bond donors (Lipinski definition) is 3. The molecule has 0 fully saturated rings. The lowest BCUT2D eigenvalue weighted by Gasteiger charge is -2.15. The van der Waals surface area contributed by atoms with Crippen LogP contribution in [-0.4, -0.2) is 15.0 Å². The van der Waals surface area contributed by atoms with E-state index in [4.69, 9.17) is 17.2 Å². The van der Waals surface area contributed by atoms with E-state index < -0.39 is 23.2 Å². The van der Waals surface area contributed by atoms with Crippen LogP contribution in [0, 0.1) is 0 Å². The van der Waals surface area contributed by atoms with E-state index in [0.717, 1.165) is 9.13 Å². The first-order valence-electron chi connectivity index (χ1n) is 4.86. The molecule has 0 bridgehead atoms. The van der Waals surface area contributed by atoms with Crippen molar-refractivity contribution in [3.63, 3.8) is 0 Å². The Kier molecular flexibility index (Phi) is 3.37. The van der Waals surface area contributed by atoms with Gasteiger partial charge in [0.05, 0.1) is 5.56 Å². The van der Waals surface area contributed by atoms with Crippen molar-refractivity contribution in [1.29, 1.82) is 0 Å². The molecule has 6 N–H and O–H groups in total. The van der Waals surface area contributed by atoms with Crippen molar-refractivity contribution in [3.8, 4) is 0 Å². The van der Waals surface area contributed by atoms with E-state index in [1.165, 1.54) is 14.1 Å². The van der Waals surface area contributed by atoms with Gasteiger partial charge in [0.15, 0.2) is 0 Å². The van der Waals surface area contributed by atoms with E-state index in [0.29, 0.717) is 0 Å². The number of carbonyl (C=O) groups excluding carboxylic acids is 1. The molecule has 1 heterocycles. The highest BCUT2D eigenvalue weighted by Gasteiger charge is 2.20. The first kappa shape index (κ1) is 13.0. The van der Waals surface area contributed by atoms with Gasteiger partial charge in [-0.25, -0.2) is 4.79 Å². The number of nitrogen functional groups attached to an aromatic ring is 1. The summed E-state index contributed by atoms with van der Waals surface area (Å²) in [6.45, 7) is 0. The van der Waals surface area contributed by atoms with E-state index in [9.17, 15) is 14.4 Å². The van der Waals surface area contributed by atoms with Crippen LogP contribution >= 0.6 is 0 Å². The first-order chi connectivity index (χ1) is 7.77. The third-order valence-electron chi connectivity index (χ3n) is 2.54. The summed E-state index contributed by atoms with van der Waals surface area (Å²) in [5.41, 5.74) is 15.2. The van der Waals surface area contributed by atoms with Gasteiger partial charge in [0, 0.05) is 26.6 Å². The number of hydrogen-bond acceptors (Lipinski definition) is 5. The number of anilines is 1. The minimum absolute atomic E-state index is 0.0217. The molecule has 0 radical (unpaired) electrons. The lowest BCUT2D eigenvalue weighted by molar-refractivity contribution is -0.118. The first-order valence-corrected chi connectivity index (χ1v) is 4.86. The number of rotatable bonds is 3. The van der Waals surface area contributed by atoms with Gasteiger partial charge in [-0.15, -0.1) is 0 Å². The Hall–Kier alpha value is -2.09. The molecule has 17 heavy (non-hydrogen) atoms. The van der Waals surface area contributed by atoms with E-state index in [2.05, 4.69) is 0 Å². The lowest BCUT2D eigenvalue weighted by Crippen LogP contribution is -2.42. The smallest absolute Gasteiger partial charge is 0.332 e. The van der Waals surface area contributed by atoms with Crippen LogP contribution in [0.4, 0.5) is 5.82 Å². The number of primary amides is 1. The summed E-state index contributed by atoms with van der Waals surface area (Å²) in [5.74, 6) is -0.695. The summed E-state index contributed by atoms with van der Waals surface area (Å²) >= 11 is 0. The van der Waals surface area contributed by atoms with Crippen molar-refractivity contribution in [2.75, 3.05) is 5.73 Å². The van der Waals surface area contributed by atoms with Crippen molar-refractivity contribution in [1.82, 2.24) is 9.13 Å². The molecule has 0 spiro atoms. The van der Waals surface area contributed by atoms with Gasteiger partial charge in [-0.05, 0) is 0 Å². The quantitative estimate of drug-likeness (QED) is 0.538. The second-order valence-electron chi connectivity index (χ2n) is 3.78. The molecule has 1 atom stereocenters. The lowest BCUT2D eigenvalue weighted by atomic mass is 10.1. The Labute approximate surface area is 96.6 Å². The summed E-state index contributed by atoms with van der Waals surface area (Å²) in [5, 5.41) is 0. The van der Waals surface area contributed by atoms with Crippen molar-refractivity contribution >= 4 is 11.7 Å². The van der Waals surface area contributed by atoms with Crippen molar-refractivity contribution in [2.24, 2.45) is 25.6 Å². The molecule has 0 aliphatic carbocycles. The molecular weight excluding hydrogens is 226 g/mol. The molecule has 1 rings (SSSR count). The largest absolute Gasteiger partial charge is 0.385 e. The van der Waals surface area contributed by atoms with Crippen LogP contribution in [0.1, 0.15) is 18.0 Å². The average molecular weight is 241 g/mol. The van der Waals surface area contributed by atoms with Gasteiger partial charge < -0.3 is 17.2 Å². The van der Waals surface area contributed by atoms with Crippen LogP contribution in [0.5, 0.6) is 0 Å². The van der Waals surface area contributed by atoms with Crippen molar-refractivity contribution in [2.45, 2.75) is 12.5 Å². The Bertz CT molecular complexity index is 571. The average Bonchev–Trinajstić information content (AvgIpc) is 2.23. The molecule has 0 saturated heterocycles. The SMILES string of the molecule is Cn1c(N)c(C(N)CC(N)=O)c(=O)n(C)c1=O. The third kappa shape index (κ3) is 2.21. The normalized spacial score (nSPS) is 12.4. The zero-order chi connectivity index (χ0) is 13.3. The van der Waals surface area contributed by atoms with Gasteiger partial charge in [-0.1, -0.05) is 0 Å². The van der Waals surface area contributed by atoms with E-state index in [-0.39, 0.29) is 17.8 Å². The topological polar surface area (TPSA) is 139 Å². The van der Waals surface area contributed by atoms with Crippen LogP contribution in [0.2, 0.25) is 0 Å². The second-order valence-corrected chi connectivity index (χ2v) is 3.78. The Morgan fingerprint density at radius 3 is 2.29 bits per heavy atom.